The van der Waals surface area contributed by atoms with E-state index in [9.17, 15) is 19.8 Å². The average molecular weight is 279 g/mol. The van der Waals surface area contributed by atoms with Crippen LogP contribution < -0.4 is 10.2 Å². The van der Waals surface area contributed by atoms with Gasteiger partial charge in [0, 0.05) is 11.9 Å². The predicted octanol–water partition coefficient (Wildman–Crippen LogP) is -1.18. The molecule has 0 saturated heterocycles. The summed E-state index contributed by atoms with van der Waals surface area (Å²) in [5.41, 5.74) is 0. The Kier molecular flexibility index (Phi) is 11.2. The van der Waals surface area contributed by atoms with Crippen molar-refractivity contribution in [2.45, 2.75) is 38.5 Å². The van der Waals surface area contributed by atoms with Crippen molar-refractivity contribution in [1.82, 2.24) is 0 Å². The Labute approximate surface area is 91.0 Å². The van der Waals surface area contributed by atoms with E-state index in [-0.39, 0.29) is 33.3 Å². The van der Waals surface area contributed by atoms with E-state index in [0.717, 1.165) is 12.8 Å². The smallest absolute Gasteiger partial charge is 0.550 e. The first-order valence-electron chi connectivity index (χ1n) is 4.02. The molecule has 4 nitrogen and oxygen atoms in total. The van der Waals surface area contributed by atoms with E-state index in [2.05, 4.69) is 0 Å². The summed E-state index contributed by atoms with van der Waals surface area (Å²) < 4.78 is 0. The predicted molar refractivity (Wildman–Crippen MR) is 37.7 cm³/mol. The van der Waals surface area contributed by atoms with E-state index in [1.165, 1.54) is 0 Å². The van der Waals surface area contributed by atoms with Gasteiger partial charge in [0.15, 0.2) is 0 Å². The molecule has 13 heavy (non-hydrogen) atoms. The van der Waals surface area contributed by atoms with Crippen molar-refractivity contribution >= 4 is 11.9 Å². The minimum atomic E-state index is -1.05. The van der Waals surface area contributed by atoms with Crippen LogP contribution in [0.2, 0.25) is 0 Å². The fourth-order valence-electron chi connectivity index (χ4n) is 0.892. The van der Waals surface area contributed by atoms with Gasteiger partial charge in [0.05, 0.1) is 0 Å². The molecule has 0 radical (unpaired) electrons. The summed E-state index contributed by atoms with van der Waals surface area (Å²) in [7, 11) is 0. The van der Waals surface area contributed by atoms with Crippen LogP contribution in [0.15, 0.2) is 0 Å². The molecular weight excluding hydrogens is 267 g/mol. The van der Waals surface area contributed by atoms with Crippen LogP contribution in [0.1, 0.15) is 38.5 Å². The molecule has 0 heterocycles. The summed E-state index contributed by atoms with van der Waals surface area (Å²) in [6.45, 7) is 0. The molecule has 0 saturated carbocycles. The maximum atomic E-state index is 9.92. The van der Waals surface area contributed by atoms with Gasteiger partial charge in [0.25, 0.3) is 0 Å². The molecule has 5 heteroatoms. The summed E-state index contributed by atoms with van der Waals surface area (Å²) in [4.78, 5) is 19.8. The largest absolute Gasteiger partial charge is 2.00 e. The summed E-state index contributed by atoms with van der Waals surface area (Å²) in [6.07, 6.45) is 2.73. The van der Waals surface area contributed by atoms with E-state index in [1.54, 1.807) is 0 Å². The molecule has 0 N–H and O–H groups in total. The van der Waals surface area contributed by atoms with Gasteiger partial charge in [-0.25, -0.2) is 0 Å². The Morgan fingerprint density at radius 1 is 0.769 bits per heavy atom. The van der Waals surface area contributed by atoms with Crippen LogP contribution >= 0.6 is 0 Å². The molecule has 0 unspecified atom stereocenters. The molecule has 0 aromatic heterocycles. The van der Waals surface area contributed by atoms with Crippen molar-refractivity contribution in [3.05, 3.63) is 0 Å². The van der Waals surface area contributed by atoms with Crippen molar-refractivity contribution < 1.29 is 40.2 Å². The number of unbranched alkanes of at least 4 members (excludes halogenated alkanes) is 3. The van der Waals surface area contributed by atoms with Gasteiger partial charge in [0.2, 0.25) is 0 Å². The van der Waals surface area contributed by atoms with E-state index in [0.29, 0.717) is 12.8 Å². The van der Waals surface area contributed by atoms with E-state index in [1.807, 2.05) is 0 Å². The van der Waals surface area contributed by atoms with Gasteiger partial charge in [-0.15, -0.1) is 0 Å². The zero-order valence-corrected chi connectivity index (χ0v) is 8.75. The Morgan fingerprint density at radius 2 is 1.08 bits per heavy atom. The maximum absolute atomic E-state index is 9.92. The zero-order valence-electron chi connectivity index (χ0n) is 7.19. The van der Waals surface area contributed by atoms with Crippen LogP contribution in [0.5, 0.6) is 0 Å². The molecule has 0 aromatic carbocycles. The van der Waals surface area contributed by atoms with Crippen molar-refractivity contribution in [3.63, 3.8) is 0 Å². The molecule has 0 aromatic rings. The van der Waals surface area contributed by atoms with Crippen LogP contribution in [0.4, 0.5) is 0 Å². The SMILES string of the molecule is O=C([O-])CCCCCCC(=O)[O-].[Pd+2]. The van der Waals surface area contributed by atoms with Crippen LogP contribution in [0.3, 0.4) is 0 Å². The van der Waals surface area contributed by atoms with Crippen molar-refractivity contribution in [2.24, 2.45) is 0 Å². The second kappa shape index (κ2) is 9.69. The first-order valence-corrected chi connectivity index (χ1v) is 4.02. The third-order valence-corrected chi connectivity index (χ3v) is 1.51. The first kappa shape index (κ1) is 15.1. The molecule has 0 aliphatic heterocycles. The third-order valence-electron chi connectivity index (χ3n) is 1.51. The number of carbonyl (C=O) groups excluding carboxylic acids is 2. The number of carboxylic acid groups (broad SMARTS) is 2. The molecule has 0 spiro atoms. The van der Waals surface area contributed by atoms with E-state index >= 15 is 0 Å². The Balaban J connectivity index is 0. The van der Waals surface area contributed by atoms with Gasteiger partial charge < -0.3 is 19.8 Å². The minimum absolute atomic E-state index is 0. The third kappa shape index (κ3) is 14.5. The molecule has 0 fully saturated rings. The standard InChI is InChI=1S/C8H14O4.Pd/c9-7(10)5-3-1-2-4-6-8(11)12;/h1-6H2,(H,9,10)(H,11,12);/q;+2/p-2. The van der Waals surface area contributed by atoms with Crippen molar-refractivity contribution in [1.29, 1.82) is 0 Å². The number of rotatable bonds is 7. The van der Waals surface area contributed by atoms with E-state index in [4.69, 9.17) is 0 Å². The van der Waals surface area contributed by atoms with Gasteiger partial charge in [0.1, 0.15) is 0 Å². The molecule has 0 rings (SSSR count). The molecule has 0 amide bonds. The van der Waals surface area contributed by atoms with Crippen LogP contribution in [-0.4, -0.2) is 11.9 Å². The molecular formula is C8H12O4Pd. The Hall–Kier alpha value is -0.398. The molecule has 0 bridgehead atoms. The van der Waals surface area contributed by atoms with Crippen LogP contribution in [0, 0.1) is 0 Å². The normalized spacial score (nSPS) is 8.92. The van der Waals surface area contributed by atoms with Gasteiger partial charge in [-0.3, -0.25) is 0 Å². The van der Waals surface area contributed by atoms with Gasteiger partial charge in [-0.2, -0.15) is 0 Å². The van der Waals surface area contributed by atoms with Crippen molar-refractivity contribution in [2.75, 3.05) is 0 Å². The van der Waals surface area contributed by atoms with Gasteiger partial charge in [-0.1, -0.05) is 12.8 Å². The number of carbonyl (C=O) groups is 2. The number of aliphatic carboxylic acids is 2. The van der Waals surface area contributed by atoms with Gasteiger partial charge >= 0.3 is 20.4 Å². The quantitative estimate of drug-likeness (QED) is 0.434. The van der Waals surface area contributed by atoms with E-state index < -0.39 is 11.9 Å². The van der Waals surface area contributed by atoms with Crippen molar-refractivity contribution in [3.8, 4) is 0 Å². The second-order valence-electron chi connectivity index (χ2n) is 2.66. The monoisotopic (exact) mass is 278 g/mol. The fraction of sp³-hybridized carbons (Fsp3) is 0.750. The van der Waals surface area contributed by atoms with Crippen LogP contribution in [0.25, 0.3) is 0 Å². The molecule has 78 valence electrons. The number of carboxylic acids is 2. The summed E-state index contributed by atoms with van der Waals surface area (Å²) in [6, 6.07) is 0. The molecule has 0 atom stereocenters. The molecule has 0 aliphatic rings. The molecule has 0 aliphatic carbocycles. The number of hydrogen-bond acceptors (Lipinski definition) is 4. The topological polar surface area (TPSA) is 80.3 Å². The van der Waals surface area contributed by atoms with Gasteiger partial charge in [-0.05, 0) is 25.7 Å². The summed E-state index contributed by atoms with van der Waals surface area (Å²) >= 11 is 0. The summed E-state index contributed by atoms with van der Waals surface area (Å²) in [5, 5.41) is 19.8. The Morgan fingerprint density at radius 3 is 1.31 bits per heavy atom. The number of hydrogen-bond donors (Lipinski definition) is 0. The second-order valence-corrected chi connectivity index (χ2v) is 2.66. The van der Waals surface area contributed by atoms with Crippen LogP contribution in [-0.2, 0) is 30.0 Å². The fourth-order valence-corrected chi connectivity index (χ4v) is 0.892. The first-order chi connectivity index (χ1) is 5.63. The Bertz CT molecular complexity index is 140. The summed E-state index contributed by atoms with van der Waals surface area (Å²) in [5.74, 6) is -2.09. The maximum Gasteiger partial charge on any atom is 2.00 e. The zero-order chi connectivity index (χ0) is 9.40. The minimum Gasteiger partial charge on any atom is -0.550 e. The average Bonchev–Trinajstić information content (AvgIpc) is 1.95.